The van der Waals surface area contributed by atoms with Gasteiger partial charge in [0.1, 0.15) is 6.10 Å². The molecule has 4 nitrogen and oxygen atoms in total. The van der Waals surface area contributed by atoms with Crippen molar-refractivity contribution >= 4 is 11.6 Å². The Labute approximate surface area is 90.6 Å². The normalized spacial score (nSPS) is 14.3. The average Bonchev–Trinajstić information content (AvgIpc) is 2.21. The lowest BCUT2D eigenvalue weighted by Gasteiger charge is -2.16. The molecule has 0 aliphatic heterocycles. The fraction of sp³-hybridized carbons (Fsp3) is 0.333. The number of aromatic nitrogens is 1. The minimum Gasteiger partial charge on any atom is -0.389 e. The van der Waals surface area contributed by atoms with Gasteiger partial charge in [-0.25, -0.2) is 9.37 Å². The molecule has 1 aromatic rings. The van der Waals surface area contributed by atoms with Gasteiger partial charge in [-0.1, -0.05) is 11.6 Å². The maximum Gasteiger partial charge on any atom is 0.166 e. The van der Waals surface area contributed by atoms with Crippen LogP contribution in [0.2, 0.25) is 5.15 Å². The predicted octanol–water partition coefficient (Wildman–Crippen LogP) is 1.18. The Morgan fingerprint density at radius 1 is 1.60 bits per heavy atom. The summed E-state index contributed by atoms with van der Waals surface area (Å²) in [5.74, 6) is -0.886. The highest BCUT2D eigenvalue weighted by Gasteiger charge is 2.22. The smallest absolute Gasteiger partial charge is 0.166 e. The van der Waals surface area contributed by atoms with Gasteiger partial charge in [0.15, 0.2) is 11.0 Å². The van der Waals surface area contributed by atoms with Crippen LogP contribution in [0.5, 0.6) is 0 Å². The first-order valence-corrected chi connectivity index (χ1v) is 4.48. The Balaban J connectivity index is 2.96. The molecular weight excluding hydrogens is 223 g/mol. The van der Waals surface area contributed by atoms with Gasteiger partial charge in [-0.3, -0.25) is 0 Å². The van der Waals surface area contributed by atoms with Crippen molar-refractivity contribution in [2.24, 2.45) is 0 Å². The summed E-state index contributed by atoms with van der Waals surface area (Å²) >= 11 is 5.40. The van der Waals surface area contributed by atoms with Crippen molar-refractivity contribution < 1.29 is 14.6 Å². The lowest BCUT2D eigenvalue weighted by Crippen LogP contribution is -2.18. The van der Waals surface area contributed by atoms with E-state index in [0.29, 0.717) is 0 Å². The second-order valence-electron chi connectivity index (χ2n) is 2.88. The number of aliphatic hydroxyl groups is 2. The summed E-state index contributed by atoms with van der Waals surface area (Å²) in [6, 6.07) is 2.87. The monoisotopic (exact) mass is 230 g/mol. The Morgan fingerprint density at radius 3 is 2.87 bits per heavy atom. The van der Waals surface area contributed by atoms with E-state index in [-0.39, 0.29) is 17.1 Å². The van der Waals surface area contributed by atoms with Crippen molar-refractivity contribution in [1.82, 2.24) is 4.98 Å². The molecule has 0 bridgehead atoms. The average molecular weight is 231 g/mol. The van der Waals surface area contributed by atoms with Gasteiger partial charge in [0.2, 0.25) is 0 Å². The Bertz CT molecular complexity index is 394. The van der Waals surface area contributed by atoms with Gasteiger partial charge in [-0.15, -0.1) is 0 Å². The van der Waals surface area contributed by atoms with Crippen LogP contribution >= 0.6 is 11.6 Å². The SMILES string of the molecule is N#CCC(O)C(O)c1ccnc(Cl)c1F. The standard InChI is InChI=1S/C9H8ClFN2O2/c10-9-7(11)5(2-4-13-9)8(15)6(14)1-3-12/h2,4,6,8,14-15H,1H2. The van der Waals surface area contributed by atoms with E-state index in [2.05, 4.69) is 4.98 Å². The number of nitrogens with zero attached hydrogens (tertiary/aromatic N) is 2. The van der Waals surface area contributed by atoms with Crippen molar-refractivity contribution in [2.45, 2.75) is 18.6 Å². The first kappa shape index (κ1) is 11.9. The molecule has 0 aliphatic rings. The minimum atomic E-state index is -1.48. The Morgan fingerprint density at radius 2 is 2.27 bits per heavy atom. The van der Waals surface area contributed by atoms with Crippen molar-refractivity contribution in [3.8, 4) is 6.07 Å². The van der Waals surface area contributed by atoms with Gasteiger partial charge in [0, 0.05) is 11.8 Å². The van der Waals surface area contributed by atoms with E-state index in [0.717, 1.165) is 0 Å². The van der Waals surface area contributed by atoms with E-state index in [1.165, 1.54) is 12.3 Å². The van der Waals surface area contributed by atoms with E-state index >= 15 is 0 Å². The number of rotatable bonds is 3. The van der Waals surface area contributed by atoms with Gasteiger partial charge in [0.25, 0.3) is 0 Å². The number of halogens is 2. The highest BCUT2D eigenvalue weighted by Crippen LogP contribution is 2.24. The molecule has 0 spiro atoms. The molecular formula is C9H8ClFN2O2. The van der Waals surface area contributed by atoms with Crippen molar-refractivity contribution in [1.29, 1.82) is 5.26 Å². The molecule has 0 aliphatic carbocycles. The van der Waals surface area contributed by atoms with Crippen LogP contribution < -0.4 is 0 Å². The third kappa shape index (κ3) is 2.63. The number of aliphatic hydroxyl groups excluding tert-OH is 2. The molecule has 2 unspecified atom stereocenters. The first-order valence-electron chi connectivity index (χ1n) is 4.11. The topological polar surface area (TPSA) is 77.1 Å². The zero-order valence-electron chi connectivity index (χ0n) is 7.56. The van der Waals surface area contributed by atoms with Crippen LogP contribution in [0.3, 0.4) is 0 Å². The summed E-state index contributed by atoms with van der Waals surface area (Å²) in [4.78, 5) is 3.46. The number of hydrogen-bond donors (Lipinski definition) is 2. The fourth-order valence-corrected chi connectivity index (χ4v) is 1.24. The Hall–Kier alpha value is -1.22. The van der Waals surface area contributed by atoms with Gasteiger partial charge in [-0.05, 0) is 6.07 Å². The molecule has 1 aromatic heterocycles. The molecule has 80 valence electrons. The molecule has 2 atom stereocenters. The first-order chi connectivity index (χ1) is 7.07. The van der Waals surface area contributed by atoms with E-state index in [1.807, 2.05) is 0 Å². The highest BCUT2D eigenvalue weighted by atomic mass is 35.5. The van der Waals surface area contributed by atoms with Crippen LogP contribution in [0.1, 0.15) is 18.1 Å². The van der Waals surface area contributed by atoms with Crippen LogP contribution in [-0.4, -0.2) is 21.3 Å². The van der Waals surface area contributed by atoms with Crippen LogP contribution in [-0.2, 0) is 0 Å². The van der Waals surface area contributed by atoms with Crippen LogP contribution in [0, 0.1) is 17.1 Å². The number of pyridine rings is 1. The van der Waals surface area contributed by atoms with Crippen LogP contribution in [0.15, 0.2) is 12.3 Å². The summed E-state index contributed by atoms with van der Waals surface area (Å²) in [5.41, 5.74) is -0.169. The largest absolute Gasteiger partial charge is 0.389 e. The van der Waals surface area contributed by atoms with Gasteiger partial charge in [0.05, 0.1) is 18.6 Å². The fourth-order valence-electron chi connectivity index (χ4n) is 1.07. The molecule has 2 N–H and O–H groups in total. The summed E-state index contributed by atoms with van der Waals surface area (Å²) in [6.45, 7) is 0. The second kappa shape index (κ2) is 5.03. The van der Waals surface area contributed by atoms with Crippen LogP contribution in [0.4, 0.5) is 4.39 Å². The van der Waals surface area contributed by atoms with Gasteiger partial charge < -0.3 is 10.2 Å². The van der Waals surface area contributed by atoms with Crippen molar-refractivity contribution in [2.75, 3.05) is 0 Å². The third-order valence-electron chi connectivity index (χ3n) is 1.86. The van der Waals surface area contributed by atoms with Crippen molar-refractivity contribution in [3.63, 3.8) is 0 Å². The van der Waals surface area contributed by atoms with Crippen LogP contribution in [0.25, 0.3) is 0 Å². The molecule has 0 aromatic carbocycles. The molecule has 0 fully saturated rings. The maximum absolute atomic E-state index is 13.3. The van der Waals surface area contributed by atoms with Gasteiger partial charge >= 0.3 is 0 Å². The Kier molecular flexibility index (Phi) is 3.97. The second-order valence-corrected chi connectivity index (χ2v) is 3.24. The molecule has 0 radical (unpaired) electrons. The molecule has 6 heteroatoms. The number of nitriles is 1. The lowest BCUT2D eigenvalue weighted by molar-refractivity contribution is 0.0194. The summed E-state index contributed by atoms with van der Waals surface area (Å²) in [6.07, 6.45) is -1.91. The zero-order chi connectivity index (χ0) is 11.4. The molecule has 0 saturated heterocycles. The highest BCUT2D eigenvalue weighted by molar-refractivity contribution is 6.29. The number of hydrogen-bond acceptors (Lipinski definition) is 4. The predicted molar refractivity (Wildman–Crippen MR) is 50.4 cm³/mol. The maximum atomic E-state index is 13.3. The van der Waals surface area contributed by atoms with E-state index in [9.17, 15) is 14.6 Å². The molecule has 1 heterocycles. The van der Waals surface area contributed by atoms with Crippen molar-refractivity contribution in [3.05, 3.63) is 28.8 Å². The van der Waals surface area contributed by atoms with E-state index in [1.54, 1.807) is 6.07 Å². The zero-order valence-corrected chi connectivity index (χ0v) is 8.32. The summed E-state index contributed by atoms with van der Waals surface area (Å²) < 4.78 is 13.3. The molecule has 0 saturated carbocycles. The summed E-state index contributed by atoms with van der Waals surface area (Å²) in [5, 5.41) is 26.7. The molecule has 0 amide bonds. The van der Waals surface area contributed by atoms with E-state index < -0.39 is 18.0 Å². The molecule has 1 rings (SSSR count). The van der Waals surface area contributed by atoms with Gasteiger partial charge in [-0.2, -0.15) is 5.26 Å². The quantitative estimate of drug-likeness (QED) is 0.765. The van der Waals surface area contributed by atoms with E-state index in [4.69, 9.17) is 16.9 Å². The third-order valence-corrected chi connectivity index (χ3v) is 2.12. The minimum absolute atomic E-state index is 0.169. The summed E-state index contributed by atoms with van der Waals surface area (Å²) in [7, 11) is 0. The lowest BCUT2D eigenvalue weighted by atomic mass is 10.0. The molecule has 15 heavy (non-hydrogen) atoms.